The molecule has 1 N–H and O–H groups in total. The Balaban J connectivity index is 1.39. The van der Waals surface area contributed by atoms with E-state index in [1.165, 1.54) is 6.07 Å². The number of nitrogens with one attached hydrogen (secondary N) is 1. The third-order valence-electron chi connectivity index (χ3n) is 5.36. The molecular weight excluding hydrogens is 363 g/mol. The summed E-state index contributed by atoms with van der Waals surface area (Å²) in [6, 6.07) is 6.84. The van der Waals surface area contributed by atoms with Gasteiger partial charge in [-0.2, -0.15) is 0 Å². The average molecular weight is 392 g/mol. The number of halogens is 1. The molecular formula is C20H29FN4O3. The van der Waals surface area contributed by atoms with Crippen molar-refractivity contribution in [3.63, 3.8) is 0 Å². The van der Waals surface area contributed by atoms with E-state index in [0.29, 0.717) is 44.9 Å². The van der Waals surface area contributed by atoms with E-state index in [1.54, 1.807) is 24.0 Å². The van der Waals surface area contributed by atoms with E-state index in [1.807, 2.05) is 11.0 Å². The first kappa shape index (κ1) is 20.4. The molecule has 3 rings (SSSR count). The number of hydrogen-bond donors (Lipinski definition) is 1. The second kappa shape index (κ2) is 9.73. The van der Waals surface area contributed by atoms with E-state index >= 15 is 0 Å². The van der Waals surface area contributed by atoms with Crippen LogP contribution in [0.25, 0.3) is 0 Å². The lowest BCUT2D eigenvalue weighted by atomic mass is 10.1. The number of carbonyl (C=O) groups excluding carboxylic acids is 2. The number of amides is 3. The summed E-state index contributed by atoms with van der Waals surface area (Å²) in [6.07, 6.45) is 1.19. The SMILES string of the molecule is CCOC(=O)N1CCC(NC(=O)N2CCN(Cc3ccccc3F)CC2)CC1. The molecule has 8 heteroatoms. The molecule has 2 saturated heterocycles. The summed E-state index contributed by atoms with van der Waals surface area (Å²) in [5.74, 6) is -0.183. The van der Waals surface area contributed by atoms with Crippen LogP contribution in [-0.2, 0) is 11.3 Å². The Labute approximate surface area is 165 Å². The van der Waals surface area contributed by atoms with Gasteiger partial charge in [-0.1, -0.05) is 18.2 Å². The van der Waals surface area contributed by atoms with Crippen LogP contribution in [0.2, 0.25) is 0 Å². The second-order valence-corrected chi connectivity index (χ2v) is 7.26. The Morgan fingerprint density at radius 2 is 1.75 bits per heavy atom. The number of hydrogen-bond acceptors (Lipinski definition) is 4. The van der Waals surface area contributed by atoms with Crippen LogP contribution in [0.4, 0.5) is 14.0 Å². The smallest absolute Gasteiger partial charge is 0.409 e. The minimum atomic E-state index is -0.279. The molecule has 2 fully saturated rings. The highest BCUT2D eigenvalue weighted by atomic mass is 19.1. The molecule has 0 radical (unpaired) electrons. The molecule has 2 heterocycles. The summed E-state index contributed by atoms with van der Waals surface area (Å²) in [5, 5.41) is 3.08. The van der Waals surface area contributed by atoms with Gasteiger partial charge in [-0.15, -0.1) is 0 Å². The van der Waals surface area contributed by atoms with Crippen LogP contribution >= 0.6 is 0 Å². The minimum absolute atomic E-state index is 0.0554. The van der Waals surface area contributed by atoms with Crippen LogP contribution in [0.3, 0.4) is 0 Å². The second-order valence-electron chi connectivity index (χ2n) is 7.26. The van der Waals surface area contributed by atoms with Crippen molar-refractivity contribution in [2.45, 2.75) is 32.4 Å². The van der Waals surface area contributed by atoms with Crippen LogP contribution in [0.15, 0.2) is 24.3 Å². The number of carbonyl (C=O) groups is 2. The highest BCUT2D eigenvalue weighted by Crippen LogP contribution is 2.14. The highest BCUT2D eigenvalue weighted by molar-refractivity contribution is 5.74. The summed E-state index contributed by atoms with van der Waals surface area (Å²) >= 11 is 0. The maximum absolute atomic E-state index is 13.8. The number of ether oxygens (including phenoxy) is 1. The van der Waals surface area contributed by atoms with Gasteiger partial charge in [-0.25, -0.2) is 14.0 Å². The van der Waals surface area contributed by atoms with Gasteiger partial charge in [0, 0.05) is 57.4 Å². The minimum Gasteiger partial charge on any atom is -0.450 e. The molecule has 2 aliphatic rings. The molecule has 1 aromatic carbocycles. The monoisotopic (exact) mass is 392 g/mol. The summed E-state index contributed by atoms with van der Waals surface area (Å²) in [5.41, 5.74) is 0.689. The van der Waals surface area contributed by atoms with E-state index in [9.17, 15) is 14.0 Å². The van der Waals surface area contributed by atoms with Crippen molar-refractivity contribution in [2.75, 3.05) is 45.9 Å². The number of piperazine rings is 1. The van der Waals surface area contributed by atoms with Crippen LogP contribution in [0, 0.1) is 5.82 Å². The predicted molar refractivity (Wildman–Crippen MR) is 103 cm³/mol. The van der Waals surface area contributed by atoms with Gasteiger partial charge in [0.05, 0.1) is 6.61 Å². The van der Waals surface area contributed by atoms with Gasteiger partial charge >= 0.3 is 12.1 Å². The first-order valence-corrected chi connectivity index (χ1v) is 9.99. The fourth-order valence-electron chi connectivity index (χ4n) is 3.66. The molecule has 7 nitrogen and oxygen atoms in total. The van der Waals surface area contributed by atoms with E-state index in [4.69, 9.17) is 4.74 Å². The van der Waals surface area contributed by atoms with E-state index in [-0.39, 0.29) is 24.0 Å². The van der Waals surface area contributed by atoms with Gasteiger partial charge in [-0.05, 0) is 25.8 Å². The van der Waals surface area contributed by atoms with E-state index < -0.39 is 0 Å². The van der Waals surface area contributed by atoms with Gasteiger partial charge in [-0.3, -0.25) is 4.90 Å². The fraction of sp³-hybridized carbons (Fsp3) is 0.600. The molecule has 0 bridgehead atoms. The molecule has 3 amide bonds. The number of benzene rings is 1. The van der Waals surface area contributed by atoms with Gasteiger partial charge in [0.25, 0.3) is 0 Å². The van der Waals surface area contributed by atoms with Crippen molar-refractivity contribution in [2.24, 2.45) is 0 Å². The van der Waals surface area contributed by atoms with Gasteiger partial charge in [0.2, 0.25) is 0 Å². The molecule has 28 heavy (non-hydrogen) atoms. The van der Waals surface area contributed by atoms with Crippen LogP contribution < -0.4 is 5.32 Å². The third kappa shape index (κ3) is 5.34. The third-order valence-corrected chi connectivity index (χ3v) is 5.36. The highest BCUT2D eigenvalue weighted by Gasteiger charge is 2.27. The lowest BCUT2D eigenvalue weighted by Gasteiger charge is -2.37. The lowest BCUT2D eigenvalue weighted by molar-refractivity contribution is 0.0939. The van der Waals surface area contributed by atoms with Crippen LogP contribution in [0.1, 0.15) is 25.3 Å². The summed E-state index contributed by atoms with van der Waals surface area (Å²) in [4.78, 5) is 29.9. The van der Waals surface area contributed by atoms with E-state index in [2.05, 4.69) is 10.2 Å². The Hall–Kier alpha value is -2.35. The zero-order valence-electron chi connectivity index (χ0n) is 16.4. The molecule has 0 saturated carbocycles. The topological polar surface area (TPSA) is 65.1 Å². The zero-order chi connectivity index (χ0) is 19.9. The standard InChI is InChI=1S/C20H29FN4O3/c1-2-28-20(27)25-9-7-17(8-10-25)22-19(26)24-13-11-23(12-14-24)15-16-5-3-4-6-18(16)21/h3-6,17H,2,7-15H2,1H3,(H,22,26). The maximum Gasteiger partial charge on any atom is 0.409 e. The Bertz CT molecular complexity index is 671. The van der Waals surface area contributed by atoms with Gasteiger partial charge in [0.15, 0.2) is 0 Å². The predicted octanol–water partition coefficient (Wildman–Crippen LogP) is 2.27. The normalized spacial score (nSPS) is 18.8. The zero-order valence-corrected chi connectivity index (χ0v) is 16.4. The van der Waals surface area contributed by atoms with Crippen molar-refractivity contribution >= 4 is 12.1 Å². The van der Waals surface area contributed by atoms with E-state index in [0.717, 1.165) is 25.9 Å². The molecule has 2 aliphatic heterocycles. The Morgan fingerprint density at radius 3 is 2.39 bits per heavy atom. The van der Waals surface area contributed by atoms with Crippen LogP contribution in [-0.4, -0.2) is 78.7 Å². The average Bonchev–Trinajstić information content (AvgIpc) is 2.71. The Kier molecular flexibility index (Phi) is 7.08. The summed E-state index contributed by atoms with van der Waals surface area (Å²) < 4.78 is 18.8. The van der Waals surface area contributed by atoms with Crippen molar-refractivity contribution in [3.05, 3.63) is 35.6 Å². The van der Waals surface area contributed by atoms with Crippen molar-refractivity contribution in [1.82, 2.24) is 20.0 Å². The van der Waals surface area contributed by atoms with Gasteiger partial charge < -0.3 is 19.9 Å². The molecule has 0 unspecified atom stereocenters. The number of likely N-dealkylation sites (tertiary alicyclic amines) is 1. The Morgan fingerprint density at radius 1 is 1.07 bits per heavy atom. The molecule has 0 atom stereocenters. The summed E-state index contributed by atoms with van der Waals surface area (Å²) in [7, 11) is 0. The first-order chi connectivity index (χ1) is 13.6. The number of urea groups is 1. The number of rotatable bonds is 4. The first-order valence-electron chi connectivity index (χ1n) is 9.99. The lowest BCUT2D eigenvalue weighted by Crippen LogP contribution is -2.55. The quantitative estimate of drug-likeness (QED) is 0.854. The maximum atomic E-state index is 13.8. The molecule has 0 aliphatic carbocycles. The molecule has 0 aromatic heterocycles. The number of nitrogens with zero attached hydrogens (tertiary/aromatic N) is 3. The van der Waals surface area contributed by atoms with Crippen molar-refractivity contribution < 1.29 is 18.7 Å². The molecule has 1 aromatic rings. The molecule has 0 spiro atoms. The van der Waals surface area contributed by atoms with Crippen molar-refractivity contribution in [3.8, 4) is 0 Å². The molecule has 154 valence electrons. The van der Waals surface area contributed by atoms with Crippen LogP contribution in [0.5, 0.6) is 0 Å². The van der Waals surface area contributed by atoms with Crippen molar-refractivity contribution in [1.29, 1.82) is 0 Å². The largest absolute Gasteiger partial charge is 0.450 e. The number of piperidine rings is 1. The fourth-order valence-corrected chi connectivity index (χ4v) is 3.66. The summed E-state index contributed by atoms with van der Waals surface area (Å²) in [6.45, 7) is 6.63. The van der Waals surface area contributed by atoms with Gasteiger partial charge in [0.1, 0.15) is 5.82 Å².